The average molecular weight is 441 g/mol. The SMILES string of the molecule is OC[C@H]1C[C@@H](n2cnc3c(SCc4ccc(Cl)cc4Cl)ncnc32)[C@H](O)[C@@H]1O. The summed E-state index contributed by atoms with van der Waals surface area (Å²) >= 11 is 13.7. The molecule has 4 atom stereocenters. The molecule has 7 nitrogen and oxygen atoms in total. The van der Waals surface area contributed by atoms with E-state index in [0.717, 1.165) is 5.56 Å². The summed E-state index contributed by atoms with van der Waals surface area (Å²) in [5, 5.41) is 31.8. The Kier molecular flexibility index (Phi) is 5.78. The molecule has 2 aromatic heterocycles. The van der Waals surface area contributed by atoms with Gasteiger partial charge in [-0.1, -0.05) is 41.0 Å². The Morgan fingerprint density at radius 2 is 1.96 bits per heavy atom. The number of hydrogen-bond donors (Lipinski definition) is 3. The van der Waals surface area contributed by atoms with Crippen LogP contribution in [0.4, 0.5) is 0 Å². The van der Waals surface area contributed by atoms with E-state index in [-0.39, 0.29) is 12.5 Å². The first-order valence-electron chi connectivity index (χ1n) is 8.71. The van der Waals surface area contributed by atoms with Crippen LogP contribution in [0.1, 0.15) is 18.0 Å². The molecule has 0 radical (unpaired) electrons. The van der Waals surface area contributed by atoms with Gasteiger partial charge in [-0.2, -0.15) is 0 Å². The summed E-state index contributed by atoms with van der Waals surface area (Å²) in [6, 6.07) is 4.96. The second kappa shape index (κ2) is 8.14. The van der Waals surface area contributed by atoms with Gasteiger partial charge >= 0.3 is 0 Å². The van der Waals surface area contributed by atoms with Crippen LogP contribution in [0.25, 0.3) is 11.2 Å². The fourth-order valence-corrected chi connectivity index (χ4v) is 5.02. The molecule has 0 saturated heterocycles. The maximum Gasteiger partial charge on any atom is 0.164 e. The van der Waals surface area contributed by atoms with Crippen LogP contribution in [0.3, 0.4) is 0 Å². The van der Waals surface area contributed by atoms with Crippen molar-refractivity contribution < 1.29 is 15.3 Å². The molecule has 1 aromatic carbocycles. The molecule has 4 rings (SSSR count). The largest absolute Gasteiger partial charge is 0.396 e. The lowest BCUT2D eigenvalue weighted by molar-refractivity contribution is -0.00370. The van der Waals surface area contributed by atoms with Crippen LogP contribution < -0.4 is 0 Å². The van der Waals surface area contributed by atoms with Gasteiger partial charge in [0.1, 0.15) is 23.0 Å². The van der Waals surface area contributed by atoms with E-state index in [1.54, 1.807) is 23.0 Å². The second-order valence-corrected chi connectivity index (χ2v) is 8.56. The van der Waals surface area contributed by atoms with Crippen molar-refractivity contribution in [1.82, 2.24) is 19.5 Å². The first-order chi connectivity index (χ1) is 13.5. The van der Waals surface area contributed by atoms with Crippen molar-refractivity contribution in [2.24, 2.45) is 5.92 Å². The number of imidazole rings is 1. The highest BCUT2D eigenvalue weighted by Gasteiger charge is 2.42. The molecule has 1 saturated carbocycles. The van der Waals surface area contributed by atoms with E-state index >= 15 is 0 Å². The van der Waals surface area contributed by atoms with E-state index in [1.807, 2.05) is 6.07 Å². The van der Waals surface area contributed by atoms with Gasteiger partial charge in [-0.25, -0.2) is 15.0 Å². The van der Waals surface area contributed by atoms with E-state index in [2.05, 4.69) is 15.0 Å². The summed E-state index contributed by atoms with van der Waals surface area (Å²) < 4.78 is 1.75. The van der Waals surface area contributed by atoms with Crippen LogP contribution >= 0.6 is 35.0 Å². The highest BCUT2D eigenvalue weighted by molar-refractivity contribution is 7.98. The Labute approximate surface area is 175 Å². The fraction of sp³-hybridized carbons (Fsp3) is 0.389. The summed E-state index contributed by atoms with van der Waals surface area (Å²) in [7, 11) is 0. The highest BCUT2D eigenvalue weighted by Crippen LogP contribution is 2.37. The number of aromatic nitrogens is 4. The number of halogens is 2. The van der Waals surface area contributed by atoms with Gasteiger partial charge in [0.2, 0.25) is 0 Å². The first-order valence-corrected chi connectivity index (χ1v) is 10.4. The van der Waals surface area contributed by atoms with Crippen molar-refractivity contribution in [2.75, 3.05) is 6.61 Å². The third-order valence-corrected chi connectivity index (χ3v) is 6.68. The third-order valence-electron chi connectivity index (χ3n) is 5.07. The Balaban J connectivity index is 1.60. The van der Waals surface area contributed by atoms with Crippen LogP contribution in [0.2, 0.25) is 10.0 Å². The molecule has 10 heteroatoms. The van der Waals surface area contributed by atoms with E-state index in [1.165, 1.54) is 18.1 Å². The minimum Gasteiger partial charge on any atom is -0.396 e. The lowest BCUT2D eigenvalue weighted by atomic mass is 10.1. The van der Waals surface area contributed by atoms with E-state index in [4.69, 9.17) is 23.2 Å². The molecule has 0 amide bonds. The summed E-state index contributed by atoms with van der Waals surface area (Å²) in [6.07, 6.45) is 1.52. The molecule has 0 bridgehead atoms. The molecule has 0 spiro atoms. The molecule has 28 heavy (non-hydrogen) atoms. The topological polar surface area (TPSA) is 104 Å². The minimum atomic E-state index is -0.992. The molecular formula is C18H18Cl2N4O3S. The van der Waals surface area contributed by atoms with Gasteiger partial charge < -0.3 is 19.9 Å². The standard InChI is InChI=1S/C18H18Cl2N4O3S/c19-11-2-1-9(12(20)4-11)6-28-18-14-17(21-7-22-18)24(8-23-14)13-3-10(5-25)15(26)16(13)27/h1-2,4,7-8,10,13,15-16,25-27H,3,5-6H2/t10-,13-,15-,16+/m1/s1. The zero-order chi connectivity index (χ0) is 19.8. The summed E-state index contributed by atoms with van der Waals surface area (Å²) in [5.41, 5.74) is 2.13. The van der Waals surface area contributed by atoms with Crippen molar-refractivity contribution in [3.63, 3.8) is 0 Å². The summed E-state index contributed by atoms with van der Waals surface area (Å²) in [4.78, 5) is 13.1. The second-order valence-electron chi connectivity index (χ2n) is 6.75. The molecule has 2 heterocycles. The monoisotopic (exact) mass is 440 g/mol. The maximum atomic E-state index is 10.4. The lowest BCUT2D eigenvalue weighted by Gasteiger charge is -2.18. The number of aliphatic hydroxyl groups excluding tert-OH is 3. The molecule has 0 aliphatic heterocycles. The van der Waals surface area contributed by atoms with Crippen LogP contribution in [-0.2, 0) is 5.75 Å². The van der Waals surface area contributed by atoms with E-state index in [9.17, 15) is 15.3 Å². The number of aliphatic hydroxyl groups is 3. The fourth-order valence-electron chi connectivity index (χ4n) is 3.52. The molecule has 3 N–H and O–H groups in total. The van der Waals surface area contributed by atoms with Crippen molar-refractivity contribution in [3.8, 4) is 0 Å². The first kappa shape index (κ1) is 19.9. The Bertz CT molecular complexity index is 1000. The van der Waals surface area contributed by atoms with E-state index in [0.29, 0.717) is 38.4 Å². The molecule has 148 valence electrons. The smallest absolute Gasteiger partial charge is 0.164 e. The third kappa shape index (κ3) is 3.60. The lowest BCUT2D eigenvalue weighted by Crippen LogP contribution is -2.30. The molecular weight excluding hydrogens is 423 g/mol. The van der Waals surface area contributed by atoms with Gasteiger partial charge in [0.05, 0.1) is 18.5 Å². The zero-order valence-electron chi connectivity index (χ0n) is 14.6. The van der Waals surface area contributed by atoms with Crippen LogP contribution in [0.15, 0.2) is 35.9 Å². The summed E-state index contributed by atoms with van der Waals surface area (Å²) in [6.45, 7) is -0.181. The number of benzene rings is 1. The van der Waals surface area contributed by atoms with Gasteiger partial charge in [0, 0.05) is 28.3 Å². The number of fused-ring (bicyclic) bond motifs is 1. The van der Waals surface area contributed by atoms with Gasteiger partial charge in [-0.15, -0.1) is 0 Å². The zero-order valence-corrected chi connectivity index (χ0v) is 16.9. The molecule has 1 aliphatic carbocycles. The van der Waals surface area contributed by atoms with Gasteiger partial charge in [0.25, 0.3) is 0 Å². The predicted octanol–water partition coefficient (Wildman–Crippen LogP) is 2.70. The van der Waals surface area contributed by atoms with Crippen molar-refractivity contribution in [1.29, 1.82) is 0 Å². The molecule has 1 fully saturated rings. The predicted molar refractivity (Wildman–Crippen MR) is 108 cm³/mol. The normalized spacial score (nSPS) is 24.9. The van der Waals surface area contributed by atoms with Crippen LogP contribution in [0.5, 0.6) is 0 Å². The van der Waals surface area contributed by atoms with Gasteiger partial charge in [0.15, 0.2) is 5.65 Å². The van der Waals surface area contributed by atoms with Crippen molar-refractivity contribution in [2.45, 2.75) is 35.4 Å². The molecule has 3 aromatic rings. The molecule has 1 aliphatic rings. The number of rotatable bonds is 5. The minimum absolute atomic E-state index is 0.181. The highest BCUT2D eigenvalue weighted by atomic mass is 35.5. The van der Waals surface area contributed by atoms with Gasteiger partial charge in [-0.3, -0.25) is 0 Å². The Morgan fingerprint density at radius 1 is 1.14 bits per heavy atom. The van der Waals surface area contributed by atoms with Crippen molar-refractivity contribution in [3.05, 3.63) is 46.5 Å². The number of hydrogen-bond acceptors (Lipinski definition) is 7. The van der Waals surface area contributed by atoms with Crippen molar-refractivity contribution >= 4 is 46.1 Å². The number of nitrogens with zero attached hydrogens (tertiary/aromatic N) is 4. The van der Waals surface area contributed by atoms with E-state index < -0.39 is 18.2 Å². The summed E-state index contributed by atoms with van der Waals surface area (Å²) in [5.74, 6) is 0.215. The Morgan fingerprint density at radius 3 is 2.68 bits per heavy atom. The van der Waals surface area contributed by atoms with Gasteiger partial charge in [-0.05, 0) is 24.1 Å². The maximum absolute atomic E-state index is 10.4. The Hall–Kier alpha value is -1.42. The van der Waals surface area contributed by atoms with Crippen LogP contribution in [0, 0.1) is 5.92 Å². The quantitative estimate of drug-likeness (QED) is 0.413. The average Bonchev–Trinajstić information content (AvgIpc) is 3.23. The molecule has 0 unspecified atom stereocenters. The number of thioether (sulfide) groups is 1. The van der Waals surface area contributed by atoms with Crippen LogP contribution in [-0.4, -0.2) is 53.7 Å².